The Morgan fingerprint density at radius 1 is 1.26 bits per heavy atom. The summed E-state index contributed by atoms with van der Waals surface area (Å²) in [5.41, 5.74) is 4.24. The summed E-state index contributed by atoms with van der Waals surface area (Å²) >= 11 is 5.54. The molecule has 0 atom stereocenters. The smallest absolute Gasteiger partial charge is 0.132 e. The van der Waals surface area contributed by atoms with Crippen LogP contribution in [0.1, 0.15) is 46.7 Å². The lowest BCUT2D eigenvalue weighted by molar-refractivity contribution is 0.412. The van der Waals surface area contributed by atoms with E-state index in [1.165, 1.54) is 6.07 Å². The number of hydrogen-bond donors (Lipinski definition) is 0. The molecule has 0 unspecified atom stereocenters. The quantitative estimate of drug-likeness (QED) is 0.623. The van der Waals surface area contributed by atoms with Gasteiger partial charge >= 0.3 is 0 Å². The Morgan fingerprint density at radius 2 is 2.00 bits per heavy atom. The summed E-state index contributed by atoms with van der Waals surface area (Å²) in [7, 11) is 0. The summed E-state index contributed by atoms with van der Waals surface area (Å²) in [4.78, 5) is 0.698. The van der Waals surface area contributed by atoms with Gasteiger partial charge in [-0.2, -0.15) is 0 Å². The van der Waals surface area contributed by atoms with E-state index in [0.717, 1.165) is 35.2 Å². The Balaban J connectivity index is 2.04. The Hall–Kier alpha value is -1.55. The number of thiocarbonyl (C=S) groups is 1. The summed E-state index contributed by atoms with van der Waals surface area (Å²) in [5, 5.41) is 4.06. The normalized spacial score (nSPS) is 14.7. The Morgan fingerprint density at radius 3 is 2.68 bits per heavy atom. The second-order valence-electron chi connectivity index (χ2n) is 5.06. The molecule has 1 saturated carbocycles. The lowest BCUT2D eigenvalue weighted by Gasteiger charge is -2.10. The Labute approximate surface area is 116 Å². The van der Waals surface area contributed by atoms with Crippen LogP contribution in [0.5, 0.6) is 0 Å². The van der Waals surface area contributed by atoms with Gasteiger partial charge in [-0.1, -0.05) is 23.4 Å². The highest BCUT2D eigenvalue weighted by Gasteiger charge is 2.31. The molecule has 1 aliphatic rings. The molecule has 0 saturated heterocycles. The first-order chi connectivity index (χ1) is 9.09. The Bertz CT molecular complexity index is 658. The fourth-order valence-electron chi connectivity index (χ4n) is 2.25. The van der Waals surface area contributed by atoms with Gasteiger partial charge in [-0.15, -0.1) is 0 Å². The Kier molecular flexibility index (Phi) is 2.97. The van der Waals surface area contributed by atoms with Crippen LogP contribution in [0.15, 0.2) is 22.9 Å². The highest BCUT2D eigenvalue weighted by atomic mass is 32.1. The number of aromatic nitrogens is 1. The summed E-state index contributed by atoms with van der Waals surface area (Å²) in [6, 6.07) is 3.21. The lowest BCUT2D eigenvalue weighted by Crippen LogP contribution is -2.06. The maximum atomic E-state index is 13.5. The van der Waals surface area contributed by atoms with Crippen LogP contribution in [-0.4, -0.2) is 10.0 Å². The molecule has 0 amide bonds. The van der Waals surface area contributed by atoms with Gasteiger partial charge in [-0.3, -0.25) is 0 Å². The molecule has 0 radical (unpaired) electrons. The van der Waals surface area contributed by atoms with Gasteiger partial charge < -0.3 is 4.52 Å². The number of hydrogen-bond acceptors (Lipinski definition) is 3. The molecule has 0 aliphatic heterocycles. The first-order valence-corrected chi connectivity index (χ1v) is 6.75. The second-order valence-corrected chi connectivity index (χ2v) is 5.47. The molecule has 2 nitrogen and oxygen atoms in total. The molecule has 1 fully saturated rings. The van der Waals surface area contributed by atoms with E-state index in [1.807, 2.05) is 6.92 Å². The second kappa shape index (κ2) is 4.53. The molecule has 19 heavy (non-hydrogen) atoms. The van der Waals surface area contributed by atoms with Gasteiger partial charge in [0.15, 0.2) is 0 Å². The van der Waals surface area contributed by atoms with E-state index in [1.54, 1.807) is 19.3 Å². The predicted octanol–water partition coefficient (Wildman–Crippen LogP) is 4.07. The topological polar surface area (TPSA) is 26.0 Å². The fourth-order valence-corrected chi connectivity index (χ4v) is 2.62. The van der Waals surface area contributed by atoms with Gasteiger partial charge in [0.05, 0.1) is 16.1 Å². The van der Waals surface area contributed by atoms with Crippen LogP contribution in [-0.2, 0) is 0 Å². The van der Waals surface area contributed by atoms with Crippen molar-refractivity contribution in [2.75, 3.05) is 0 Å². The SMILES string of the molecule is Cc1c(F)ccc(C(=S)c2conc2C2CC2)c1C. The van der Waals surface area contributed by atoms with Gasteiger partial charge in [0.25, 0.3) is 0 Å². The lowest BCUT2D eigenvalue weighted by atomic mass is 9.96. The van der Waals surface area contributed by atoms with Crippen molar-refractivity contribution in [1.29, 1.82) is 0 Å². The third kappa shape index (κ3) is 2.10. The molecule has 4 heteroatoms. The average Bonchev–Trinajstić information content (AvgIpc) is 3.13. The first-order valence-electron chi connectivity index (χ1n) is 6.34. The third-order valence-corrected chi connectivity index (χ3v) is 4.21. The molecule has 1 aromatic heterocycles. The number of rotatable bonds is 3. The van der Waals surface area contributed by atoms with Gasteiger partial charge in [0.2, 0.25) is 0 Å². The van der Waals surface area contributed by atoms with Crippen LogP contribution in [0.2, 0.25) is 0 Å². The minimum Gasteiger partial charge on any atom is -0.364 e. The maximum absolute atomic E-state index is 13.5. The average molecular weight is 275 g/mol. The largest absolute Gasteiger partial charge is 0.364 e. The van der Waals surface area contributed by atoms with Crippen LogP contribution in [0, 0.1) is 19.7 Å². The summed E-state index contributed by atoms with van der Waals surface area (Å²) < 4.78 is 18.6. The monoisotopic (exact) mass is 275 g/mol. The zero-order valence-corrected chi connectivity index (χ0v) is 11.7. The van der Waals surface area contributed by atoms with Crippen molar-refractivity contribution >= 4 is 17.1 Å². The van der Waals surface area contributed by atoms with Crippen molar-refractivity contribution in [2.45, 2.75) is 32.6 Å². The predicted molar refractivity (Wildman–Crippen MR) is 75.2 cm³/mol. The van der Waals surface area contributed by atoms with Gasteiger partial charge in [-0.05, 0) is 49.4 Å². The molecule has 1 aromatic carbocycles. The van der Waals surface area contributed by atoms with Crippen LogP contribution >= 0.6 is 12.2 Å². The fraction of sp³-hybridized carbons (Fsp3) is 0.333. The van der Waals surface area contributed by atoms with Crippen LogP contribution in [0.3, 0.4) is 0 Å². The van der Waals surface area contributed by atoms with Crippen molar-refractivity contribution in [2.24, 2.45) is 0 Å². The van der Waals surface area contributed by atoms with E-state index in [2.05, 4.69) is 5.16 Å². The third-order valence-electron chi connectivity index (χ3n) is 3.77. The van der Waals surface area contributed by atoms with Gasteiger partial charge in [0.1, 0.15) is 12.1 Å². The van der Waals surface area contributed by atoms with Crippen molar-refractivity contribution in [1.82, 2.24) is 5.16 Å². The molecular formula is C15H14FNOS. The van der Waals surface area contributed by atoms with E-state index in [0.29, 0.717) is 16.3 Å². The van der Waals surface area contributed by atoms with E-state index in [9.17, 15) is 4.39 Å². The van der Waals surface area contributed by atoms with Gasteiger partial charge in [-0.25, -0.2) is 4.39 Å². The molecule has 2 aromatic rings. The van der Waals surface area contributed by atoms with Crippen LogP contribution in [0.4, 0.5) is 4.39 Å². The molecule has 1 aliphatic carbocycles. The molecule has 0 N–H and O–H groups in total. The molecule has 1 heterocycles. The van der Waals surface area contributed by atoms with Crippen molar-refractivity contribution < 1.29 is 8.91 Å². The number of nitrogens with zero attached hydrogens (tertiary/aromatic N) is 1. The van der Waals surface area contributed by atoms with Crippen molar-refractivity contribution in [3.8, 4) is 0 Å². The standard InChI is InChI=1S/C15H14FNOS/c1-8-9(2)13(16)6-5-11(8)15(19)12-7-18-17-14(12)10-3-4-10/h5-7,10H,3-4H2,1-2H3. The van der Waals surface area contributed by atoms with Crippen LogP contribution < -0.4 is 0 Å². The maximum Gasteiger partial charge on any atom is 0.132 e. The number of benzene rings is 1. The molecular weight excluding hydrogens is 261 g/mol. The van der Waals surface area contributed by atoms with Gasteiger partial charge in [0, 0.05) is 5.92 Å². The van der Waals surface area contributed by atoms with E-state index in [4.69, 9.17) is 16.7 Å². The first kappa shape index (κ1) is 12.5. The summed E-state index contributed by atoms with van der Waals surface area (Å²) in [6.45, 7) is 3.66. The van der Waals surface area contributed by atoms with Crippen LogP contribution in [0.25, 0.3) is 0 Å². The molecule has 3 rings (SSSR count). The van der Waals surface area contributed by atoms with Crippen molar-refractivity contribution in [3.63, 3.8) is 0 Å². The zero-order chi connectivity index (χ0) is 13.6. The summed E-state index contributed by atoms with van der Waals surface area (Å²) in [5.74, 6) is 0.283. The summed E-state index contributed by atoms with van der Waals surface area (Å²) in [6.07, 6.45) is 3.89. The highest BCUT2D eigenvalue weighted by Crippen LogP contribution is 2.41. The molecule has 98 valence electrons. The van der Waals surface area contributed by atoms with E-state index in [-0.39, 0.29) is 5.82 Å². The minimum atomic E-state index is -0.197. The zero-order valence-electron chi connectivity index (χ0n) is 10.9. The van der Waals surface area contributed by atoms with Crippen molar-refractivity contribution in [3.05, 3.63) is 52.2 Å². The minimum absolute atomic E-state index is 0.197. The van der Waals surface area contributed by atoms with E-state index >= 15 is 0 Å². The number of halogens is 1. The molecule has 0 bridgehead atoms. The molecule has 0 spiro atoms. The highest BCUT2D eigenvalue weighted by molar-refractivity contribution is 7.81. The van der Waals surface area contributed by atoms with E-state index < -0.39 is 0 Å².